The average molecular weight is 479 g/mol. The number of hydrogen-bond acceptors (Lipinski definition) is 5. The topological polar surface area (TPSA) is 68.8 Å². The molecule has 7 heteroatoms. The van der Waals surface area contributed by atoms with Gasteiger partial charge in [0, 0.05) is 17.9 Å². The van der Waals surface area contributed by atoms with Crippen molar-refractivity contribution in [3.63, 3.8) is 0 Å². The lowest BCUT2D eigenvalue weighted by Gasteiger charge is -2.12. The Hall–Kier alpha value is -3.42. The van der Waals surface area contributed by atoms with Gasteiger partial charge in [0.2, 0.25) is 0 Å². The van der Waals surface area contributed by atoms with E-state index >= 15 is 0 Å². The molecule has 0 fully saturated rings. The lowest BCUT2D eigenvalue weighted by atomic mass is 10.1. The number of rotatable bonds is 12. The fourth-order valence-corrected chi connectivity index (χ4v) is 3.38. The van der Waals surface area contributed by atoms with E-state index in [9.17, 15) is 4.79 Å². The minimum absolute atomic E-state index is 0.212. The first kappa shape index (κ1) is 25.2. The maximum Gasteiger partial charge on any atom is 0.257 e. The molecule has 2 N–H and O–H groups in total. The van der Waals surface area contributed by atoms with Crippen LogP contribution in [0.2, 0.25) is 0 Å². The second-order valence-electron chi connectivity index (χ2n) is 7.44. The van der Waals surface area contributed by atoms with Crippen LogP contribution >= 0.6 is 12.2 Å². The fourth-order valence-electron chi connectivity index (χ4n) is 3.17. The molecule has 178 valence electrons. The summed E-state index contributed by atoms with van der Waals surface area (Å²) in [6.45, 7) is 4.13. The van der Waals surface area contributed by atoms with Crippen molar-refractivity contribution in [2.24, 2.45) is 0 Å². The molecule has 0 unspecified atom stereocenters. The summed E-state index contributed by atoms with van der Waals surface area (Å²) in [5, 5.41) is 5.92. The van der Waals surface area contributed by atoms with Crippen molar-refractivity contribution < 1.29 is 19.0 Å². The minimum Gasteiger partial charge on any atom is -0.494 e. The van der Waals surface area contributed by atoms with Gasteiger partial charge >= 0.3 is 0 Å². The van der Waals surface area contributed by atoms with Crippen LogP contribution in [-0.4, -0.2) is 37.4 Å². The summed E-state index contributed by atoms with van der Waals surface area (Å²) in [4.78, 5) is 12.5. The molecule has 0 radical (unpaired) electrons. The molecule has 3 aromatic carbocycles. The second-order valence-corrected chi connectivity index (χ2v) is 7.85. The molecule has 34 heavy (non-hydrogen) atoms. The Kier molecular flexibility index (Phi) is 10.4. The number of nitrogens with one attached hydrogen (secondary N) is 2. The third kappa shape index (κ3) is 8.84. The van der Waals surface area contributed by atoms with Crippen molar-refractivity contribution in [3.05, 3.63) is 90.0 Å². The number of carbonyl (C=O) groups excluding carboxylic acids is 1. The average Bonchev–Trinajstić information content (AvgIpc) is 2.86. The van der Waals surface area contributed by atoms with E-state index in [-0.39, 0.29) is 11.0 Å². The van der Waals surface area contributed by atoms with Gasteiger partial charge in [-0.05, 0) is 80.0 Å². The molecule has 3 aromatic rings. The Labute approximate surface area is 206 Å². The summed E-state index contributed by atoms with van der Waals surface area (Å²) in [5.74, 6) is 1.08. The molecule has 0 saturated heterocycles. The maximum absolute atomic E-state index is 12.5. The molecular weight excluding hydrogens is 448 g/mol. The molecule has 6 nitrogen and oxygen atoms in total. The lowest BCUT2D eigenvalue weighted by Crippen LogP contribution is -2.34. The summed E-state index contributed by atoms with van der Waals surface area (Å²) in [7, 11) is 0. The molecule has 0 bridgehead atoms. The van der Waals surface area contributed by atoms with E-state index in [4.69, 9.17) is 26.4 Å². The van der Waals surface area contributed by atoms with Crippen LogP contribution in [0.1, 0.15) is 29.3 Å². The first-order valence-electron chi connectivity index (χ1n) is 11.3. The van der Waals surface area contributed by atoms with Crippen LogP contribution in [0, 0.1) is 0 Å². The first-order valence-corrected chi connectivity index (χ1v) is 11.7. The molecule has 0 aliphatic carbocycles. The smallest absolute Gasteiger partial charge is 0.257 e. The third-order valence-corrected chi connectivity index (χ3v) is 5.06. The molecule has 3 rings (SSSR count). The highest BCUT2D eigenvalue weighted by molar-refractivity contribution is 7.80. The molecular formula is C27H30N2O4S. The summed E-state index contributed by atoms with van der Waals surface area (Å²) in [5.41, 5.74) is 2.52. The number of carbonyl (C=O) groups is 1. The Bertz CT molecular complexity index is 1040. The van der Waals surface area contributed by atoms with Gasteiger partial charge < -0.3 is 19.5 Å². The molecule has 0 saturated carbocycles. The summed E-state index contributed by atoms with van der Waals surface area (Å²) < 4.78 is 16.7. The zero-order chi connectivity index (χ0) is 24.0. The molecule has 0 aliphatic rings. The monoisotopic (exact) mass is 478 g/mol. The van der Waals surface area contributed by atoms with Gasteiger partial charge in [0.1, 0.15) is 18.1 Å². The van der Waals surface area contributed by atoms with Gasteiger partial charge in [-0.15, -0.1) is 0 Å². The van der Waals surface area contributed by atoms with Gasteiger partial charge in [-0.2, -0.15) is 0 Å². The number of hydrogen-bond donors (Lipinski definition) is 2. The van der Waals surface area contributed by atoms with Gasteiger partial charge in [-0.25, -0.2) is 0 Å². The zero-order valence-corrected chi connectivity index (χ0v) is 20.1. The van der Waals surface area contributed by atoms with Crippen LogP contribution in [0.3, 0.4) is 0 Å². The largest absolute Gasteiger partial charge is 0.494 e. The van der Waals surface area contributed by atoms with Crippen molar-refractivity contribution in [3.8, 4) is 11.5 Å². The van der Waals surface area contributed by atoms with Gasteiger partial charge in [-0.3, -0.25) is 10.1 Å². The number of anilines is 1. The van der Waals surface area contributed by atoms with E-state index in [1.165, 1.54) is 5.56 Å². The first-order chi connectivity index (χ1) is 16.6. The Balaban J connectivity index is 1.40. The van der Waals surface area contributed by atoms with E-state index < -0.39 is 0 Å². The molecule has 0 heterocycles. The predicted molar refractivity (Wildman–Crippen MR) is 139 cm³/mol. The van der Waals surface area contributed by atoms with Crippen molar-refractivity contribution in [2.45, 2.75) is 19.8 Å². The Morgan fingerprint density at radius 2 is 1.62 bits per heavy atom. The molecule has 0 spiro atoms. The van der Waals surface area contributed by atoms with Gasteiger partial charge in [0.25, 0.3) is 5.91 Å². The second kappa shape index (κ2) is 14.0. The van der Waals surface area contributed by atoms with Crippen molar-refractivity contribution >= 4 is 28.9 Å². The number of ether oxygens (including phenoxy) is 3. The van der Waals surface area contributed by atoms with Gasteiger partial charge in [-0.1, -0.05) is 36.4 Å². The molecule has 0 aromatic heterocycles. The van der Waals surface area contributed by atoms with E-state index in [1.54, 1.807) is 24.3 Å². The van der Waals surface area contributed by atoms with Crippen molar-refractivity contribution in [2.75, 3.05) is 31.7 Å². The van der Waals surface area contributed by atoms with Crippen LogP contribution < -0.4 is 20.1 Å². The number of amides is 1. The lowest BCUT2D eigenvalue weighted by molar-refractivity contribution is 0.0976. The van der Waals surface area contributed by atoms with Crippen molar-refractivity contribution in [1.82, 2.24) is 5.32 Å². The summed E-state index contributed by atoms with van der Waals surface area (Å²) in [6, 6.07) is 24.8. The molecule has 0 atom stereocenters. The SMILES string of the molecule is CCOCCOc1cccc(C(=O)NC(=S)Nc2ccc(OCCCc3ccccc3)cc2)c1. The van der Waals surface area contributed by atoms with Crippen LogP contribution in [0.25, 0.3) is 0 Å². The number of aryl methyl sites for hydroxylation is 1. The zero-order valence-electron chi connectivity index (χ0n) is 19.3. The van der Waals surface area contributed by atoms with E-state index in [0.717, 1.165) is 24.3 Å². The maximum atomic E-state index is 12.5. The quantitative estimate of drug-likeness (QED) is 0.274. The van der Waals surface area contributed by atoms with Crippen molar-refractivity contribution in [1.29, 1.82) is 0 Å². The normalized spacial score (nSPS) is 10.4. The van der Waals surface area contributed by atoms with Crippen LogP contribution in [0.15, 0.2) is 78.9 Å². The standard InChI is InChI=1S/C27H30N2O4S/c1-2-31-18-19-33-25-12-6-11-22(20-25)26(30)29-27(34)28-23-13-15-24(16-14-23)32-17-7-10-21-8-4-3-5-9-21/h3-6,8-9,11-16,20H,2,7,10,17-19H2,1H3,(H2,28,29,30,34). The highest BCUT2D eigenvalue weighted by Gasteiger charge is 2.09. The molecule has 1 amide bonds. The van der Waals surface area contributed by atoms with E-state index in [2.05, 4.69) is 22.8 Å². The van der Waals surface area contributed by atoms with Crippen LogP contribution in [0.4, 0.5) is 5.69 Å². The molecule has 0 aliphatic heterocycles. The third-order valence-electron chi connectivity index (χ3n) is 4.86. The highest BCUT2D eigenvalue weighted by Crippen LogP contribution is 2.17. The van der Waals surface area contributed by atoms with Gasteiger partial charge in [0.05, 0.1) is 13.2 Å². The predicted octanol–water partition coefficient (Wildman–Crippen LogP) is 5.24. The van der Waals surface area contributed by atoms with E-state index in [1.807, 2.05) is 49.4 Å². The minimum atomic E-state index is -0.314. The van der Waals surface area contributed by atoms with Gasteiger partial charge in [0.15, 0.2) is 5.11 Å². The highest BCUT2D eigenvalue weighted by atomic mass is 32.1. The fraction of sp³-hybridized carbons (Fsp3) is 0.259. The Morgan fingerprint density at radius 3 is 2.38 bits per heavy atom. The summed E-state index contributed by atoms with van der Waals surface area (Å²) in [6.07, 6.45) is 1.93. The van der Waals surface area contributed by atoms with Crippen LogP contribution in [-0.2, 0) is 11.2 Å². The summed E-state index contributed by atoms with van der Waals surface area (Å²) >= 11 is 5.29. The number of thiocarbonyl (C=S) groups is 1. The Morgan fingerprint density at radius 1 is 0.853 bits per heavy atom. The van der Waals surface area contributed by atoms with Crippen LogP contribution in [0.5, 0.6) is 11.5 Å². The number of benzene rings is 3. The van der Waals surface area contributed by atoms with E-state index in [0.29, 0.717) is 37.7 Å².